The van der Waals surface area contributed by atoms with Gasteiger partial charge >= 0.3 is 0 Å². The molecule has 1 N–H and O–H groups in total. The van der Waals surface area contributed by atoms with Crippen LogP contribution in [0.15, 0.2) is 18.2 Å². The van der Waals surface area contributed by atoms with Crippen molar-refractivity contribution in [3.63, 3.8) is 0 Å². The number of benzene rings is 1. The van der Waals surface area contributed by atoms with Crippen molar-refractivity contribution in [2.24, 2.45) is 5.92 Å². The lowest BCUT2D eigenvalue weighted by molar-refractivity contribution is -0.146. The molecular formula is C19H27NO4. The number of carbonyl (C=O) groups is 1. The van der Waals surface area contributed by atoms with Crippen molar-refractivity contribution in [1.82, 2.24) is 4.90 Å². The van der Waals surface area contributed by atoms with Crippen molar-refractivity contribution in [3.05, 3.63) is 29.3 Å². The number of aliphatic hydroxyl groups excluding tert-OH is 1. The topological polar surface area (TPSA) is 59.0 Å². The number of hydrogen-bond donors (Lipinski definition) is 1. The van der Waals surface area contributed by atoms with E-state index >= 15 is 0 Å². The molecule has 1 saturated carbocycles. The molecule has 1 amide bonds. The quantitative estimate of drug-likeness (QED) is 0.916. The molecular weight excluding hydrogens is 306 g/mol. The number of amides is 1. The summed E-state index contributed by atoms with van der Waals surface area (Å²) in [5.74, 6) is 0.854. The monoisotopic (exact) mass is 333 g/mol. The van der Waals surface area contributed by atoms with E-state index in [1.165, 1.54) is 0 Å². The molecule has 2 fully saturated rings. The minimum atomic E-state index is -0.327. The summed E-state index contributed by atoms with van der Waals surface area (Å²) in [4.78, 5) is 14.6. The maximum absolute atomic E-state index is 12.7. The van der Waals surface area contributed by atoms with E-state index in [9.17, 15) is 9.90 Å². The van der Waals surface area contributed by atoms with Crippen molar-refractivity contribution in [2.45, 2.75) is 45.3 Å². The van der Waals surface area contributed by atoms with Gasteiger partial charge in [-0.25, -0.2) is 0 Å². The first-order valence-electron chi connectivity index (χ1n) is 8.81. The van der Waals surface area contributed by atoms with Gasteiger partial charge in [-0.05, 0) is 43.9 Å². The Morgan fingerprint density at radius 2 is 2.21 bits per heavy atom. The Kier molecular flexibility index (Phi) is 5.41. The Morgan fingerprint density at radius 3 is 2.96 bits per heavy atom. The Morgan fingerprint density at radius 1 is 1.38 bits per heavy atom. The predicted molar refractivity (Wildman–Crippen MR) is 91.1 cm³/mol. The van der Waals surface area contributed by atoms with Crippen LogP contribution in [0.4, 0.5) is 0 Å². The maximum atomic E-state index is 12.7. The standard InChI is InChI=1S/C19H27NO4/c1-13-6-7-14(2)18(10-13)24-12-19(22)20-8-9-23-11-16(20)15-4-3-5-17(15)21/h6-7,10,15-17,21H,3-5,8-9,11-12H2,1-2H3/t15-,16+,17+/m0/s1. The van der Waals surface area contributed by atoms with Crippen LogP contribution in [0.5, 0.6) is 5.75 Å². The molecule has 0 unspecified atom stereocenters. The fourth-order valence-electron chi connectivity index (χ4n) is 3.79. The van der Waals surface area contributed by atoms with Gasteiger partial charge < -0.3 is 19.5 Å². The second kappa shape index (κ2) is 7.53. The van der Waals surface area contributed by atoms with Crippen molar-refractivity contribution in [3.8, 4) is 5.75 Å². The van der Waals surface area contributed by atoms with E-state index < -0.39 is 0 Å². The molecule has 5 nitrogen and oxygen atoms in total. The highest BCUT2D eigenvalue weighted by molar-refractivity contribution is 5.78. The van der Waals surface area contributed by atoms with Gasteiger partial charge in [0.1, 0.15) is 5.75 Å². The summed E-state index contributed by atoms with van der Waals surface area (Å²) in [7, 11) is 0. The van der Waals surface area contributed by atoms with E-state index in [1.807, 2.05) is 36.9 Å². The summed E-state index contributed by atoms with van der Waals surface area (Å²) in [6.45, 7) is 5.65. The van der Waals surface area contributed by atoms with Crippen molar-refractivity contribution in [1.29, 1.82) is 0 Å². The molecule has 0 spiro atoms. The normalized spacial score (nSPS) is 27.3. The van der Waals surface area contributed by atoms with Gasteiger partial charge in [0.15, 0.2) is 6.61 Å². The zero-order valence-electron chi connectivity index (χ0n) is 14.5. The number of aliphatic hydroxyl groups is 1. The van der Waals surface area contributed by atoms with Crippen LogP contribution in [0.3, 0.4) is 0 Å². The summed E-state index contributed by atoms with van der Waals surface area (Å²) in [5, 5.41) is 10.2. The van der Waals surface area contributed by atoms with E-state index in [0.717, 1.165) is 36.1 Å². The lowest BCUT2D eigenvalue weighted by Gasteiger charge is -2.40. The lowest BCUT2D eigenvalue weighted by Crippen LogP contribution is -2.54. The number of morpholine rings is 1. The zero-order valence-corrected chi connectivity index (χ0v) is 14.5. The van der Waals surface area contributed by atoms with Crippen LogP contribution in [-0.4, -0.2) is 54.4 Å². The summed E-state index contributed by atoms with van der Waals surface area (Å²) in [6, 6.07) is 5.96. The predicted octanol–water partition coefficient (Wildman–Crippen LogP) is 2.07. The van der Waals surface area contributed by atoms with Gasteiger partial charge in [0.05, 0.1) is 25.4 Å². The van der Waals surface area contributed by atoms with E-state index in [2.05, 4.69) is 0 Å². The average Bonchev–Trinajstić information content (AvgIpc) is 3.01. The van der Waals surface area contributed by atoms with Gasteiger partial charge in [-0.2, -0.15) is 0 Å². The van der Waals surface area contributed by atoms with Gasteiger partial charge in [-0.1, -0.05) is 18.6 Å². The van der Waals surface area contributed by atoms with E-state index in [4.69, 9.17) is 9.47 Å². The van der Waals surface area contributed by atoms with Crippen LogP contribution in [0.2, 0.25) is 0 Å². The second-order valence-corrected chi connectivity index (χ2v) is 6.95. The van der Waals surface area contributed by atoms with E-state index in [-0.39, 0.29) is 30.6 Å². The molecule has 2 aliphatic rings. The third-order valence-electron chi connectivity index (χ3n) is 5.21. The minimum absolute atomic E-state index is 0.0247. The van der Waals surface area contributed by atoms with Crippen LogP contribution < -0.4 is 4.74 Å². The third kappa shape index (κ3) is 3.73. The molecule has 0 aromatic heterocycles. The van der Waals surface area contributed by atoms with Gasteiger partial charge in [-0.15, -0.1) is 0 Å². The molecule has 5 heteroatoms. The second-order valence-electron chi connectivity index (χ2n) is 6.95. The smallest absolute Gasteiger partial charge is 0.260 e. The molecule has 1 heterocycles. The zero-order chi connectivity index (χ0) is 17.1. The largest absolute Gasteiger partial charge is 0.483 e. The van der Waals surface area contributed by atoms with Crippen LogP contribution in [-0.2, 0) is 9.53 Å². The van der Waals surface area contributed by atoms with Gasteiger partial charge in [0.2, 0.25) is 0 Å². The van der Waals surface area contributed by atoms with Gasteiger partial charge in [0.25, 0.3) is 5.91 Å². The molecule has 3 rings (SSSR count). The minimum Gasteiger partial charge on any atom is -0.483 e. The maximum Gasteiger partial charge on any atom is 0.260 e. The van der Waals surface area contributed by atoms with Crippen molar-refractivity contribution >= 4 is 5.91 Å². The van der Waals surface area contributed by atoms with Gasteiger partial charge in [-0.3, -0.25) is 4.79 Å². The molecule has 1 aromatic rings. The summed E-state index contributed by atoms with van der Waals surface area (Å²) < 4.78 is 11.4. The first-order chi connectivity index (χ1) is 11.6. The molecule has 0 radical (unpaired) electrons. The van der Waals surface area contributed by atoms with Crippen LogP contribution in [0.25, 0.3) is 0 Å². The highest BCUT2D eigenvalue weighted by atomic mass is 16.5. The Labute approximate surface area is 143 Å². The summed E-state index contributed by atoms with van der Waals surface area (Å²) in [6.07, 6.45) is 2.47. The van der Waals surface area contributed by atoms with Crippen LogP contribution in [0.1, 0.15) is 30.4 Å². The summed E-state index contributed by atoms with van der Waals surface area (Å²) in [5.41, 5.74) is 2.14. The van der Waals surface area contributed by atoms with Crippen LogP contribution >= 0.6 is 0 Å². The molecule has 0 bridgehead atoms. The van der Waals surface area contributed by atoms with Crippen LogP contribution in [0, 0.1) is 19.8 Å². The number of hydrogen-bond acceptors (Lipinski definition) is 4. The van der Waals surface area contributed by atoms with Crippen molar-refractivity contribution in [2.75, 3.05) is 26.4 Å². The highest BCUT2D eigenvalue weighted by Crippen LogP contribution is 2.32. The molecule has 3 atom stereocenters. The van der Waals surface area contributed by atoms with Gasteiger partial charge in [0, 0.05) is 12.5 Å². The number of carbonyl (C=O) groups excluding carboxylic acids is 1. The Balaban J connectivity index is 1.64. The molecule has 1 aliphatic carbocycles. The third-order valence-corrected chi connectivity index (χ3v) is 5.21. The first kappa shape index (κ1) is 17.2. The lowest BCUT2D eigenvalue weighted by atomic mass is 9.94. The van der Waals surface area contributed by atoms with E-state index in [1.54, 1.807) is 0 Å². The van der Waals surface area contributed by atoms with Crippen molar-refractivity contribution < 1.29 is 19.4 Å². The highest BCUT2D eigenvalue weighted by Gasteiger charge is 2.39. The Hall–Kier alpha value is -1.59. The SMILES string of the molecule is Cc1ccc(C)c(OCC(=O)N2CCOC[C@@H]2[C@@H]2CCC[C@H]2O)c1. The fourth-order valence-corrected chi connectivity index (χ4v) is 3.79. The number of rotatable bonds is 4. The Bertz CT molecular complexity index is 589. The average molecular weight is 333 g/mol. The molecule has 1 aromatic carbocycles. The molecule has 132 valence electrons. The molecule has 24 heavy (non-hydrogen) atoms. The molecule has 1 saturated heterocycles. The van der Waals surface area contributed by atoms with E-state index in [0.29, 0.717) is 19.8 Å². The number of nitrogens with zero attached hydrogens (tertiary/aromatic N) is 1. The molecule has 1 aliphatic heterocycles. The fraction of sp³-hybridized carbons (Fsp3) is 0.632. The number of aryl methyl sites for hydroxylation is 2. The summed E-state index contributed by atoms with van der Waals surface area (Å²) >= 11 is 0. The number of ether oxygens (including phenoxy) is 2. The first-order valence-corrected chi connectivity index (χ1v) is 8.81.